The van der Waals surface area contributed by atoms with Crippen molar-refractivity contribution in [1.29, 1.82) is 0 Å². The zero-order valence-corrected chi connectivity index (χ0v) is 11.2. The number of hydrogen-bond acceptors (Lipinski definition) is 3. The van der Waals surface area contributed by atoms with E-state index in [2.05, 4.69) is 11.7 Å². The Hall–Kier alpha value is 0.0569. The molecule has 0 spiro atoms. The van der Waals surface area contributed by atoms with Crippen LogP contribution in [-0.4, -0.2) is 41.8 Å². The van der Waals surface area contributed by atoms with Crippen LogP contribution in [0.4, 0.5) is 0 Å². The quantitative estimate of drug-likeness (QED) is 0.496. The van der Waals surface area contributed by atoms with E-state index in [4.69, 9.17) is 8.85 Å². The Kier molecular flexibility index (Phi) is 10.6. The third-order valence-electron chi connectivity index (χ3n) is 1.82. The molecule has 1 unspecified atom stereocenters. The van der Waals surface area contributed by atoms with Crippen LogP contribution in [0.3, 0.4) is 0 Å². The summed E-state index contributed by atoms with van der Waals surface area (Å²) in [7, 11) is -1.23. The summed E-state index contributed by atoms with van der Waals surface area (Å²) < 4.78 is 15.4. The van der Waals surface area contributed by atoms with Gasteiger partial charge in [-0.1, -0.05) is 13.3 Å². The highest BCUT2D eigenvalue weighted by molar-refractivity contribution is 6.44. The van der Waals surface area contributed by atoms with Gasteiger partial charge in [0.15, 0.2) is 0 Å². The van der Waals surface area contributed by atoms with Gasteiger partial charge in [-0.3, -0.25) is 0 Å². The summed E-state index contributed by atoms with van der Waals surface area (Å²) in [6, 6.07) is 1.14. The van der Waals surface area contributed by atoms with Gasteiger partial charge in [-0.05, 0) is 19.9 Å². The molecule has 1 radical (unpaired) electrons. The van der Waals surface area contributed by atoms with Crippen LogP contribution in [0.5, 0.6) is 0 Å². The largest absolute Gasteiger partial charge is 0.397 e. The maximum absolute atomic E-state index is 9.57. The summed E-state index contributed by atoms with van der Waals surface area (Å²) in [6.07, 6.45) is 1.26. The van der Waals surface area contributed by atoms with Crippen molar-refractivity contribution in [3.8, 4) is 0 Å². The lowest BCUT2D eigenvalue weighted by molar-refractivity contribution is 0.164. The molecule has 1 aliphatic heterocycles. The standard InChI is InChI=1S/C7H18O2Si.C3H5O2/c1-4-7-10(8-5-2)9-6-3;4-1-3-2-5-3/h10H,4-7H2,1-3H3;3H,1-2H2. The second-order valence-electron chi connectivity index (χ2n) is 3.25. The lowest BCUT2D eigenvalue weighted by Crippen LogP contribution is -2.22. The zero-order chi connectivity index (χ0) is 11.5. The molecule has 1 fully saturated rings. The van der Waals surface area contributed by atoms with Crippen LogP contribution in [-0.2, 0) is 18.7 Å². The van der Waals surface area contributed by atoms with Gasteiger partial charge < -0.3 is 13.6 Å². The van der Waals surface area contributed by atoms with Crippen molar-refractivity contribution >= 4 is 9.28 Å². The molecular formula is C10H23O4Si. The minimum Gasteiger partial charge on any atom is -0.397 e. The van der Waals surface area contributed by atoms with Gasteiger partial charge >= 0.3 is 9.28 Å². The molecule has 0 aromatic heterocycles. The molecule has 4 nitrogen and oxygen atoms in total. The molecule has 91 valence electrons. The molecule has 0 N–H and O–H groups in total. The maximum Gasteiger partial charge on any atom is 0.321 e. The molecule has 0 amide bonds. The second kappa shape index (κ2) is 10.6. The highest BCUT2D eigenvalue weighted by atomic mass is 28.3. The monoisotopic (exact) mass is 235 g/mol. The molecule has 0 aromatic carbocycles. The summed E-state index contributed by atoms with van der Waals surface area (Å²) in [5, 5.41) is 9.57. The number of ether oxygens (including phenoxy) is 1. The van der Waals surface area contributed by atoms with Crippen molar-refractivity contribution in [2.24, 2.45) is 0 Å². The molecule has 1 saturated heterocycles. The SMILES string of the molecule is CCC[SiH](OCC)OCC.[O]CC1CO1. The molecule has 1 rings (SSSR count). The fourth-order valence-electron chi connectivity index (χ4n) is 0.987. The smallest absolute Gasteiger partial charge is 0.321 e. The van der Waals surface area contributed by atoms with Crippen LogP contribution in [0, 0.1) is 0 Å². The highest BCUT2D eigenvalue weighted by Gasteiger charge is 2.20. The summed E-state index contributed by atoms with van der Waals surface area (Å²) in [5.41, 5.74) is 0. The van der Waals surface area contributed by atoms with Crippen LogP contribution in [0.25, 0.3) is 0 Å². The molecule has 1 aliphatic rings. The van der Waals surface area contributed by atoms with E-state index in [1.54, 1.807) is 0 Å². The van der Waals surface area contributed by atoms with E-state index in [1.165, 1.54) is 6.42 Å². The Morgan fingerprint density at radius 1 is 1.27 bits per heavy atom. The zero-order valence-electron chi connectivity index (χ0n) is 10.0. The minimum atomic E-state index is -1.23. The summed E-state index contributed by atoms with van der Waals surface area (Å²) in [4.78, 5) is 0. The predicted octanol–water partition coefficient (Wildman–Crippen LogP) is 1.51. The first kappa shape index (κ1) is 15.1. The van der Waals surface area contributed by atoms with Crippen LogP contribution < -0.4 is 0 Å². The Bertz CT molecular complexity index is 116. The molecule has 0 saturated carbocycles. The maximum atomic E-state index is 9.57. The summed E-state index contributed by atoms with van der Waals surface area (Å²) in [5.74, 6) is 0. The Balaban J connectivity index is 0.000000322. The van der Waals surface area contributed by atoms with Gasteiger partial charge in [0.25, 0.3) is 0 Å². The first-order valence-corrected chi connectivity index (χ1v) is 7.47. The van der Waals surface area contributed by atoms with Gasteiger partial charge in [0.1, 0.15) is 12.7 Å². The van der Waals surface area contributed by atoms with E-state index >= 15 is 0 Å². The predicted molar refractivity (Wildman–Crippen MR) is 60.8 cm³/mol. The average Bonchev–Trinajstić information content (AvgIpc) is 3.03. The van der Waals surface area contributed by atoms with Gasteiger partial charge in [0.2, 0.25) is 0 Å². The summed E-state index contributed by atoms with van der Waals surface area (Å²) in [6.45, 7) is 8.46. The Morgan fingerprint density at radius 3 is 2.00 bits per heavy atom. The van der Waals surface area contributed by atoms with Crippen LogP contribution in [0.15, 0.2) is 0 Å². The van der Waals surface area contributed by atoms with E-state index in [0.29, 0.717) is 6.61 Å². The van der Waals surface area contributed by atoms with Crippen LogP contribution in [0.1, 0.15) is 27.2 Å². The van der Waals surface area contributed by atoms with E-state index < -0.39 is 9.28 Å². The van der Waals surface area contributed by atoms with Crippen molar-refractivity contribution in [3.05, 3.63) is 0 Å². The van der Waals surface area contributed by atoms with Crippen molar-refractivity contribution in [2.75, 3.05) is 26.4 Å². The molecule has 0 bridgehead atoms. The van der Waals surface area contributed by atoms with Gasteiger partial charge in [0, 0.05) is 13.2 Å². The number of rotatable bonds is 7. The lowest BCUT2D eigenvalue weighted by Gasteiger charge is -2.12. The van der Waals surface area contributed by atoms with Gasteiger partial charge in [-0.2, -0.15) is 0 Å². The molecule has 0 aromatic rings. The first-order valence-electron chi connectivity index (χ1n) is 5.71. The molecule has 15 heavy (non-hydrogen) atoms. The van der Waals surface area contributed by atoms with E-state index in [1.807, 2.05) is 13.8 Å². The van der Waals surface area contributed by atoms with Crippen LogP contribution >= 0.6 is 0 Å². The fraction of sp³-hybridized carbons (Fsp3) is 1.00. The summed E-state index contributed by atoms with van der Waals surface area (Å²) >= 11 is 0. The molecular weight excluding hydrogens is 212 g/mol. The molecule has 1 atom stereocenters. The highest BCUT2D eigenvalue weighted by Crippen LogP contribution is 2.05. The molecule has 0 aliphatic carbocycles. The first-order chi connectivity index (χ1) is 7.28. The Morgan fingerprint density at radius 2 is 1.80 bits per heavy atom. The van der Waals surface area contributed by atoms with Crippen molar-refractivity contribution in [3.63, 3.8) is 0 Å². The van der Waals surface area contributed by atoms with Crippen molar-refractivity contribution < 1.29 is 18.7 Å². The third-order valence-corrected chi connectivity index (χ3v) is 4.28. The molecule has 5 heteroatoms. The minimum absolute atomic E-state index is 0.0556. The fourth-order valence-corrected chi connectivity index (χ4v) is 2.63. The van der Waals surface area contributed by atoms with Gasteiger partial charge in [-0.25, -0.2) is 5.11 Å². The number of epoxide rings is 1. The van der Waals surface area contributed by atoms with E-state index in [9.17, 15) is 5.11 Å². The van der Waals surface area contributed by atoms with Gasteiger partial charge in [-0.15, -0.1) is 0 Å². The average molecular weight is 235 g/mol. The third kappa shape index (κ3) is 10.3. The van der Waals surface area contributed by atoms with Crippen molar-refractivity contribution in [2.45, 2.75) is 39.3 Å². The lowest BCUT2D eigenvalue weighted by atomic mass is 10.5. The number of hydrogen-bond donors (Lipinski definition) is 0. The van der Waals surface area contributed by atoms with Crippen molar-refractivity contribution in [1.82, 2.24) is 0 Å². The Labute approximate surface area is 94.4 Å². The topological polar surface area (TPSA) is 50.9 Å². The van der Waals surface area contributed by atoms with Crippen LogP contribution in [0.2, 0.25) is 6.04 Å². The van der Waals surface area contributed by atoms with E-state index in [-0.39, 0.29) is 12.7 Å². The molecule has 1 heterocycles. The normalized spacial score (nSPS) is 18.6. The van der Waals surface area contributed by atoms with E-state index in [0.717, 1.165) is 19.3 Å². The van der Waals surface area contributed by atoms with Gasteiger partial charge in [0.05, 0.1) is 6.61 Å². The second-order valence-corrected chi connectivity index (χ2v) is 5.35.